The zero-order valence-corrected chi connectivity index (χ0v) is 18.4. The molecule has 6 heteroatoms. The van der Waals surface area contributed by atoms with Gasteiger partial charge in [-0.05, 0) is 55.5 Å². The van der Waals surface area contributed by atoms with Crippen LogP contribution in [0, 0.1) is 13.8 Å². The Morgan fingerprint density at radius 3 is 2.65 bits per heavy atom. The van der Waals surface area contributed by atoms with E-state index in [9.17, 15) is 4.79 Å². The molecule has 1 atom stereocenters. The van der Waals surface area contributed by atoms with E-state index in [2.05, 4.69) is 66.2 Å². The molecule has 2 saturated heterocycles. The zero-order chi connectivity index (χ0) is 21.4. The second-order valence-corrected chi connectivity index (χ2v) is 9.04. The molecule has 2 aliphatic rings. The van der Waals surface area contributed by atoms with Crippen LogP contribution in [0.2, 0.25) is 0 Å². The van der Waals surface area contributed by atoms with Gasteiger partial charge in [0.1, 0.15) is 5.60 Å². The molecule has 2 aliphatic heterocycles. The number of nitrogens with zero attached hydrogens (tertiary/aromatic N) is 2. The van der Waals surface area contributed by atoms with Gasteiger partial charge in [0, 0.05) is 25.7 Å². The van der Waals surface area contributed by atoms with Crippen molar-refractivity contribution in [2.45, 2.75) is 38.3 Å². The van der Waals surface area contributed by atoms with E-state index in [0.29, 0.717) is 19.8 Å². The van der Waals surface area contributed by atoms with Gasteiger partial charge in [0.2, 0.25) is 0 Å². The number of hydrogen-bond acceptors (Lipinski definition) is 4. The molecule has 0 saturated carbocycles. The number of rotatable bonds is 4. The Morgan fingerprint density at radius 2 is 1.90 bits per heavy atom. The highest BCUT2D eigenvalue weighted by atomic mass is 16.6. The van der Waals surface area contributed by atoms with Gasteiger partial charge in [-0.1, -0.05) is 30.3 Å². The number of aromatic amines is 1. The van der Waals surface area contributed by atoms with E-state index in [1.54, 1.807) is 0 Å². The summed E-state index contributed by atoms with van der Waals surface area (Å²) in [6, 6.07) is 14.9. The molecule has 6 nitrogen and oxygen atoms in total. The maximum atomic E-state index is 12.7. The predicted octanol–water partition coefficient (Wildman–Crippen LogP) is 3.53. The summed E-state index contributed by atoms with van der Waals surface area (Å²) in [4.78, 5) is 18.2. The Labute approximate surface area is 182 Å². The molecule has 1 N–H and O–H groups in total. The number of fused-ring (bicyclic) bond motifs is 1. The van der Waals surface area contributed by atoms with E-state index in [1.165, 1.54) is 11.1 Å². The lowest BCUT2D eigenvalue weighted by Gasteiger charge is -2.43. The van der Waals surface area contributed by atoms with Crippen molar-refractivity contribution >= 4 is 11.0 Å². The average Bonchev–Trinajstić information content (AvgIpc) is 3.10. The minimum Gasteiger partial charge on any atom is -0.376 e. The predicted molar refractivity (Wildman–Crippen MR) is 122 cm³/mol. The number of nitrogens with one attached hydrogen (secondary N) is 1. The van der Waals surface area contributed by atoms with E-state index >= 15 is 0 Å². The van der Waals surface area contributed by atoms with E-state index in [1.807, 2.05) is 4.57 Å². The summed E-state index contributed by atoms with van der Waals surface area (Å²) in [6.07, 6.45) is 1.90. The summed E-state index contributed by atoms with van der Waals surface area (Å²) >= 11 is 0. The number of benzene rings is 2. The molecule has 1 unspecified atom stereocenters. The number of aryl methyl sites for hydroxylation is 2. The first kappa shape index (κ1) is 20.5. The number of H-pyrrole nitrogens is 1. The van der Waals surface area contributed by atoms with Crippen LogP contribution in [0.15, 0.2) is 47.3 Å². The van der Waals surface area contributed by atoms with Crippen molar-refractivity contribution < 1.29 is 9.47 Å². The number of aromatic nitrogens is 2. The Morgan fingerprint density at radius 1 is 1.10 bits per heavy atom. The van der Waals surface area contributed by atoms with Crippen LogP contribution >= 0.6 is 0 Å². The third kappa shape index (κ3) is 3.84. The molecule has 0 aliphatic carbocycles. The molecule has 164 valence electrons. The normalized spacial score (nSPS) is 23.4. The van der Waals surface area contributed by atoms with Crippen LogP contribution in [0.3, 0.4) is 0 Å². The molecular weight excluding hydrogens is 390 g/mol. The minimum atomic E-state index is -0.425. The van der Waals surface area contributed by atoms with Crippen molar-refractivity contribution in [3.8, 4) is 0 Å². The third-order valence-corrected chi connectivity index (χ3v) is 6.85. The molecule has 3 heterocycles. The summed E-state index contributed by atoms with van der Waals surface area (Å²) in [5.74, 6) is 0. The fourth-order valence-corrected chi connectivity index (χ4v) is 5.29. The third-order valence-electron chi connectivity index (χ3n) is 6.85. The topological polar surface area (TPSA) is 59.5 Å². The fourth-order valence-electron chi connectivity index (χ4n) is 5.29. The van der Waals surface area contributed by atoms with Crippen molar-refractivity contribution in [1.29, 1.82) is 0 Å². The average molecular weight is 422 g/mol. The maximum absolute atomic E-state index is 12.7. The van der Waals surface area contributed by atoms with Gasteiger partial charge in [0.25, 0.3) is 0 Å². The van der Waals surface area contributed by atoms with Crippen molar-refractivity contribution in [2.24, 2.45) is 0 Å². The summed E-state index contributed by atoms with van der Waals surface area (Å²) in [6.45, 7) is 8.74. The van der Waals surface area contributed by atoms with Gasteiger partial charge in [-0.2, -0.15) is 0 Å². The number of piperidine rings is 1. The smallest absolute Gasteiger partial charge is 0.326 e. The summed E-state index contributed by atoms with van der Waals surface area (Å²) in [7, 11) is 0. The second-order valence-electron chi connectivity index (χ2n) is 9.04. The van der Waals surface area contributed by atoms with E-state index < -0.39 is 5.60 Å². The first-order chi connectivity index (χ1) is 15.1. The first-order valence-electron chi connectivity index (χ1n) is 11.3. The van der Waals surface area contributed by atoms with Crippen molar-refractivity contribution in [3.05, 3.63) is 69.6 Å². The maximum Gasteiger partial charge on any atom is 0.326 e. The molecule has 31 heavy (non-hydrogen) atoms. The molecule has 3 aromatic rings. The van der Waals surface area contributed by atoms with Crippen LogP contribution in [0.1, 0.15) is 35.6 Å². The molecule has 0 amide bonds. The van der Waals surface area contributed by atoms with E-state index in [-0.39, 0.29) is 11.7 Å². The van der Waals surface area contributed by atoms with Crippen LogP contribution in [0.25, 0.3) is 11.0 Å². The van der Waals surface area contributed by atoms with Gasteiger partial charge < -0.3 is 14.5 Å². The van der Waals surface area contributed by atoms with Crippen LogP contribution in [-0.4, -0.2) is 53.9 Å². The quantitative estimate of drug-likeness (QED) is 0.700. The van der Waals surface area contributed by atoms with Gasteiger partial charge in [0.15, 0.2) is 0 Å². The van der Waals surface area contributed by atoms with Gasteiger partial charge in [-0.3, -0.25) is 9.47 Å². The van der Waals surface area contributed by atoms with Gasteiger partial charge in [0.05, 0.1) is 30.9 Å². The van der Waals surface area contributed by atoms with Crippen LogP contribution < -0.4 is 5.69 Å². The zero-order valence-electron chi connectivity index (χ0n) is 18.4. The number of hydrogen-bond donors (Lipinski definition) is 1. The molecule has 0 radical (unpaired) electrons. The Balaban J connectivity index is 1.34. The molecule has 1 aromatic heterocycles. The lowest BCUT2D eigenvalue weighted by molar-refractivity contribution is -0.174. The largest absolute Gasteiger partial charge is 0.376 e. The molecule has 2 aromatic carbocycles. The fraction of sp³-hybridized carbons (Fsp3) is 0.480. The lowest BCUT2D eigenvalue weighted by atomic mass is 9.88. The van der Waals surface area contributed by atoms with Gasteiger partial charge in [-0.25, -0.2) is 4.79 Å². The van der Waals surface area contributed by atoms with Crippen LogP contribution in [-0.2, 0) is 15.1 Å². The molecule has 2 fully saturated rings. The first-order valence-corrected chi connectivity index (χ1v) is 11.3. The second kappa shape index (κ2) is 8.26. The standard InChI is InChI=1S/C25H31N3O3/c1-18-7-8-23-22(15-18)26-24(29)28(23)20-9-11-27(12-10-20)16-25(17-30-13-14-31-25)21-6-4-3-5-19(21)2/h3-8,15,20H,9-14,16-17H2,1-2H3,(H,26,29). The monoisotopic (exact) mass is 421 g/mol. The highest BCUT2D eigenvalue weighted by Crippen LogP contribution is 2.34. The Kier molecular flexibility index (Phi) is 5.46. The van der Waals surface area contributed by atoms with E-state index in [0.717, 1.165) is 49.1 Å². The van der Waals surface area contributed by atoms with Crippen molar-refractivity contribution in [2.75, 3.05) is 39.5 Å². The minimum absolute atomic E-state index is 0.000514. The lowest BCUT2D eigenvalue weighted by Crippen LogP contribution is -2.51. The summed E-state index contributed by atoms with van der Waals surface area (Å²) < 4.78 is 14.2. The number of ether oxygens (including phenoxy) is 2. The molecule has 5 rings (SSSR count). The summed E-state index contributed by atoms with van der Waals surface area (Å²) in [5, 5.41) is 0. The number of likely N-dealkylation sites (tertiary alicyclic amines) is 1. The van der Waals surface area contributed by atoms with Gasteiger partial charge in [-0.15, -0.1) is 0 Å². The molecular formula is C25H31N3O3. The van der Waals surface area contributed by atoms with E-state index in [4.69, 9.17) is 9.47 Å². The SMILES string of the molecule is Cc1ccc2c(c1)[nH]c(=O)n2C1CCN(CC2(c3ccccc3C)COCCO2)CC1. The highest BCUT2D eigenvalue weighted by molar-refractivity contribution is 5.76. The molecule has 0 bridgehead atoms. The summed E-state index contributed by atoms with van der Waals surface area (Å²) in [5.41, 5.74) is 5.13. The Bertz CT molecular complexity index is 1120. The molecule has 0 spiro atoms. The number of imidazole rings is 1. The van der Waals surface area contributed by atoms with Crippen LogP contribution in [0.5, 0.6) is 0 Å². The van der Waals surface area contributed by atoms with Gasteiger partial charge >= 0.3 is 5.69 Å². The van der Waals surface area contributed by atoms with Crippen molar-refractivity contribution in [3.63, 3.8) is 0 Å². The highest BCUT2D eigenvalue weighted by Gasteiger charge is 2.40. The van der Waals surface area contributed by atoms with Crippen molar-refractivity contribution in [1.82, 2.24) is 14.5 Å². The Hall–Kier alpha value is -2.41. The van der Waals surface area contributed by atoms with Crippen LogP contribution in [0.4, 0.5) is 0 Å².